The zero-order chi connectivity index (χ0) is 10.6. The third kappa shape index (κ3) is 2.56. The summed E-state index contributed by atoms with van der Waals surface area (Å²) >= 11 is 0. The fourth-order valence-electron chi connectivity index (χ4n) is 1.34. The van der Waals surface area contributed by atoms with E-state index in [1.165, 1.54) is 0 Å². The lowest BCUT2D eigenvalue weighted by molar-refractivity contribution is 0.238. The van der Waals surface area contributed by atoms with Crippen molar-refractivity contribution in [3.63, 3.8) is 0 Å². The zero-order valence-electron chi connectivity index (χ0n) is 9.00. The van der Waals surface area contributed by atoms with Crippen LogP contribution in [0.2, 0.25) is 0 Å². The Labute approximate surface area is 84.3 Å². The van der Waals surface area contributed by atoms with Gasteiger partial charge >= 0.3 is 0 Å². The Kier molecular flexibility index (Phi) is 4.10. The van der Waals surface area contributed by atoms with E-state index in [9.17, 15) is 0 Å². The van der Waals surface area contributed by atoms with Crippen molar-refractivity contribution in [1.29, 1.82) is 0 Å². The standard InChI is InChI=1S/C10H18N2O2/c1-4-9(6-13)11-5-10-7(2)12-14-8(10)3/h9,11,13H,4-6H2,1-3H3/t9-/m1/s1. The van der Waals surface area contributed by atoms with Crippen LogP contribution in [-0.4, -0.2) is 22.9 Å². The Morgan fingerprint density at radius 3 is 2.64 bits per heavy atom. The van der Waals surface area contributed by atoms with E-state index in [0.29, 0.717) is 6.54 Å². The van der Waals surface area contributed by atoms with E-state index in [1.807, 2.05) is 20.8 Å². The maximum atomic E-state index is 8.99. The number of aliphatic hydroxyl groups is 1. The first kappa shape index (κ1) is 11.2. The third-order valence-corrected chi connectivity index (χ3v) is 2.46. The highest BCUT2D eigenvalue weighted by atomic mass is 16.5. The van der Waals surface area contributed by atoms with Crippen molar-refractivity contribution in [2.75, 3.05) is 6.61 Å². The van der Waals surface area contributed by atoms with E-state index < -0.39 is 0 Å². The average molecular weight is 198 g/mol. The molecule has 1 aromatic heterocycles. The SMILES string of the molecule is CC[C@H](CO)NCc1c(C)noc1C. The largest absolute Gasteiger partial charge is 0.395 e. The van der Waals surface area contributed by atoms with Gasteiger partial charge in [0.1, 0.15) is 5.76 Å². The number of rotatable bonds is 5. The van der Waals surface area contributed by atoms with Crippen molar-refractivity contribution in [2.45, 2.75) is 39.8 Å². The second-order valence-electron chi connectivity index (χ2n) is 3.47. The fourth-order valence-corrected chi connectivity index (χ4v) is 1.34. The lowest BCUT2D eigenvalue weighted by Crippen LogP contribution is -2.31. The minimum Gasteiger partial charge on any atom is -0.395 e. The van der Waals surface area contributed by atoms with E-state index in [4.69, 9.17) is 9.63 Å². The van der Waals surface area contributed by atoms with Gasteiger partial charge in [-0.05, 0) is 20.3 Å². The van der Waals surface area contributed by atoms with Gasteiger partial charge in [0.15, 0.2) is 0 Å². The molecule has 4 nitrogen and oxygen atoms in total. The lowest BCUT2D eigenvalue weighted by atomic mass is 10.2. The second kappa shape index (κ2) is 5.12. The van der Waals surface area contributed by atoms with Crippen molar-refractivity contribution in [2.24, 2.45) is 0 Å². The maximum absolute atomic E-state index is 8.99. The predicted molar refractivity (Wildman–Crippen MR) is 54.0 cm³/mol. The summed E-state index contributed by atoms with van der Waals surface area (Å²) in [6.07, 6.45) is 0.917. The van der Waals surface area contributed by atoms with Crippen LogP contribution in [0.5, 0.6) is 0 Å². The zero-order valence-corrected chi connectivity index (χ0v) is 9.00. The smallest absolute Gasteiger partial charge is 0.138 e. The van der Waals surface area contributed by atoms with Crippen LogP contribution in [0.4, 0.5) is 0 Å². The molecule has 1 rings (SSSR count). The van der Waals surface area contributed by atoms with Crippen LogP contribution in [0.3, 0.4) is 0 Å². The molecule has 0 bridgehead atoms. The highest BCUT2D eigenvalue weighted by Gasteiger charge is 2.10. The molecule has 1 heterocycles. The Bertz CT molecular complexity index is 260. The number of nitrogens with one attached hydrogen (secondary N) is 1. The number of aliphatic hydroxyl groups excluding tert-OH is 1. The van der Waals surface area contributed by atoms with Crippen LogP contribution in [0.1, 0.15) is 30.4 Å². The molecule has 0 radical (unpaired) electrons. The molecule has 0 spiro atoms. The van der Waals surface area contributed by atoms with E-state index in [0.717, 1.165) is 23.4 Å². The molecule has 2 N–H and O–H groups in total. The predicted octanol–water partition coefficient (Wildman–Crippen LogP) is 1.15. The van der Waals surface area contributed by atoms with E-state index >= 15 is 0 Å². The highest BCUT2D eigenvalue weighted by Crippen LogP contribution is 2.11. The molecule has 0 aliphatic heterocycles. The molecule has 0 aliphatic carbocycles. The Morgan fingerprint density at radius 2 is 2.21 bits per heavy atom. The van der Waals surface area contributed by atoms with Crippen LogP contribution in [-0.2, 0) is 6.54 Å². The molecule has 1 atom stereocenters. The van der Waals surface area contributed by atoms with Crippen molar-refractivity contribution in [1.82, 2.24) is 10.5 Å². The molecule has 0 amide bonds. The van der Waals surface area contributed by atoms with Gasteiger partial charge in [0.25, 0.3) is 0 Å². The van der Waals surface area contributed by atoms with Crippen molar-refractivity contribution in [3.05, 3.63) is 17.0 Å². The normalized spacial score (nSPS) is 13.1. The molecular formula is C10H18N2O2. The molecular weight excluding hydrogens is 180 g/mol. The number of aryl methyl sites for hydroxylation is 2. The summed E-state index contributed by atoms with van der Waals surface area (Å²) in [6.45, 7) is 6.74. The first-order chi connectivity index (χ1) is 6.69. The lowest BCUT2D eigenvalue weighted by Gasteiger charge is -2.13. The van der Waals surface area contributed by atoms with Crippen molar-refractivity contribution >= 4 is 0 Å². The van der Waals surface area contributed by atoms with Crippen molar-refractivity contribution in [3.8, 4) is 0 Å². The maximum Gasteiger partial charge on any atom is 0.138 e. The van der Waals surface area contributed by atoms with Gasteiger partial charge in [0.2, 0.25) is 0 Å². The van der Waals surface area contributed by atoms with Crippen LogP contribution >= 0.6 is 0 Å². The van der Waals surface area contributed by atoms with Gasteiger partial charge in [-0.1, -0.05) is 12.1 Å². The quantitative estimate of drug-likeness (QED) is 0.745. The van der Waals surface area contributed by atoms with Crippen molar-refractivity contribution < 1.29 is 9.63 Å². The molecule has 0 unspecified atom stereocenters. The summed E-state index contributed by atoms with van der Waals surface area (Å²) in [7, 11) is 0. The molecule has 80 valence electrons. The molecule has 0 saturated heterocycles. The summed E-state index contributed by atoms with van der Waals surface area (Å²) in [5.74, 6) is 0.850. The highest BCUT2D eigenvalue weighted by molar-refractivity contribution is 5.20. The number of hydrogen-bond donors (Lipinski definition) is 2. The molecule has 0 aliphatic rings. The van der Waals surface area contributed by atoms with Gasteiger partial charge in [0, 0.05) is 18.2 Å². The average Bonchev–Trinajstić information content (AvgIpc) is 2.50. The summed E-state index contributed by atoms with van der Waals surface area (Å²) in [5.41, 5.74) is 2.01. The van der Waals surface area contributed by atoms with Gasteiger partial charge in [-0.25, -0.2) is 0 Å². The number of nitrogens with zero attached hydrogens (tertiary/aromatic N) is 1. The number of aromatic nitrogens is 1. The van der Waals surface area contributed by atoms with E-state index in [2.05, 4.69) is 10.5 Å². The minimum absolute atomic E-state index is 0.156. The minimum atomic E-state index is 0.156. The van der Waals surface area contributed by atoms with E-state index in [1.54, 1.807) is 0 Å². The Balaban J connectivity index is 2.52. The van der Waals surface area contributed by atoms with Gasteiger partial charge in [-0.2, -0.15) is 0 Å². The molecule has 0 fully saturated rings. The Morgan fingerprint density at radius 1 is 1.50 bits per heavy atom. The summed E-state index contributed by atoms with van der Waals surface area (Å²) in [5, 5.41) is 16.1. The Hall–Kier alpha value is -0.870. The van der Waals surface area contributed by atoms with Crippen LogP contribution in [0.25, 0.3) is 0 Å². The molecule has 0 saturated carbocycles. The summed E-state index contributed by atoms with van der Waals surface area (Å²) in [6, 6.07) is 0.156. The number of hydrogen-bond acceptors (Lipinski definition) is 4. The van der Waals surface area contributed by atoms with E-state index in [-0.39, 0.29) is 12.6 Å². The molecule has 0 aromatic carbocycles. The fraction of sp³-hybridized carbons (Fsp3) is 0.700. The van der Waals surface area contributed by atoms with Crippen LogP contribution < -0.4 is 5.32 Å². The topological polar surface area (TPSA) is 58.3 Å². The first-order valence-electron chi connectivity index (χ1n) is 4.95. The molecule has 14 heavy (non-hydrogen) atoms. The van der Waals surface area contributed by atoms with Crippen LogP contribution in [0, 0.1) is 13.8 Å². The third-order valence-electron chi connectivity index (χ3n) is 2.46. The van der Waals surface area contributed by atoms with Gasteiger partial charge in [0.05, 0.1) is 12.3 Å². The monoisotopic (exact) mass is 198 g/mol. The van der Waals surface area contributed by atoms with Crippen LogP contribution in [0.15, 0.2) is 4.52 Å². The molecule has 1 aromatic rings. The van der Waals surface area contributed by atoms with Gasteiger partial charge in [-0.15, -0.1) is 0 Å². The molecule has 4 heteroatoms. The summed E-state index contributed by atoms with van der Waals surface area (Å²) in [4.78, 5) is 0. The summed E-state index contributed by atoms with van der Waals surface area (Å²) < 4.78 is 5.04. The van der Waals surface area contributed by atoms with Gasteiger partial charge in [-0.3, -0.25) is 0 Å². The second-order valence-corrected chi connectivity index (χ2v) is 3.47. The van der Waals surface area contributed by atoms with Gasteiger partial charge < -0.3 is 14.9 Å². The first-order valence-corrected chi connectivity index (χ1v) is 4.95.